The van der Waals surface area contributed by atoms with Gasteiger partial charge in [-0.1, -0.05) is 0 Å². The number of nitrogens with zero attached hydrogens (tertiary/aromatic N) is 1. The molecule has 1 aliphatic rings. The molecule has 0 saturated carbocycles. The summed E-state index contributed by atoms with van der Waals surface area (Å²) in [5.74, 6) is 0.355. The van der Waals surface area contributed by atoms with Crippen LogP contribution in [0.3, 0.4) is 0 Å². The Morgan fingerprint density at radius 1 is 1.53 bits per heavy atom. The lowest BCUT2D eigenvalue weighted by Gasteiger charge is -2.37. The number of carbonyl (C=O) groups is 1. The molecule has 1 atom stereocenters. The number of hydrogen-bond acceptors (Lipinski definition) is 4. The third kappa shape index (κ3) is 2.98. The second kappa shape index (κ2) is 5.09. The Bertz CT molecular complexity index is 486. The molecule has 0 bridgehead atoms. The molecule has 1 aliphatic heterocycles. The summed E-state index contributed by atoms with van der Waals surface area (Å²) in [5, 5.41) is 10.1. The van der Waals surface area contributed by atoms with Crippen LogP contribution in [-0.2, 0) is 0 Å². The molecule has 19 heavy (non-hydrogen) atoms. The summed E-state index contributed by atoms with van der Waals surface area (Å²) in [4.78, 5) is 14.2. The minimum atomic E-state index is -0.818. The third-order valence-electron chi connectivity index (χ3n) is 3.42. The number of rotatable bonds is 2. The molecule has 0 aromatic heterocycles. The summed E-state index contributed by atoms with van der Waals surface area (Å²) in [6.45, 7) is 2.74. The number of methoxy groups -OCH3 is 1. The molecular weight excluding hydrogens is 244 g/mol. The Labute approximate surface area is 113 Å². The molecule has 1 aromatic carbocycles. The fraction of sp³-hybridized carbons (Fsp3) is 0.500. The maximum Gasteiger partial charge on any atom is 0.257 e. The van der Waals surface area contributed by atoms with Gasteiger partial charge in [-0.05, 0) is 38.0 Å². The van der Waals surface area contributed by atoms with Gasteiger partial charge in [-0.3, -0.25) is 4.79 Å². The Balaban J connectivity index is 2.26. The van der Waals surface area contributed by atoms with Crippen molar-refractivity contribution in [3.05, 3.63) is 23.8 Å². The van der Waals surface area contributed by atoms with E-state index in [1.54, 1.807) is 30.0 Å². The second-order valence-corrected chi connectivity index (χ2v) is 5.29. The normalized spacial score (nSPS) is 23.2. The van der Waals surface area contributed by atoms with Gasteiger partial charge in [-0.25, -0.2) is 0 Å². The lowest BCUT2D eigenvalue weighted by atomic mass is 9.94. The van der Waals surface area contributed by atoms with Crippen molar-refractivity contribution in [2.45, 2.75) is 25.4 Å². The first-order valence-electron chi connectivity index (χ1n) is 6.38. The van der Waals surface area contributed by atoms with Crippen molar-refractivity contribution in [3.8, 4) is 5.75 Å². The van der Waals surface area contributed by atoms with E-state index < -0.39 is 5.60 Å². The van der Waals surface area contributed by atoms with Crippen molar-refractivity contribution in [3.63, 3.8) is 0 Å². The lowest BCUT2D eigenvalue weighted by molar-refractivity contribution is -0.0108. The molecule has 1 fully saturated rings. The third-order valence-corrected chi connectivity index (χ3v) is 3.42. The molecular formula is C14H20N2O3. The van der Waals surface area contributed by atoms with Crippen molar-refractivity contribution in [1.29, 1.82) is 0 Å². The van der Waals surface area contributed by atoms with Crippen LogP contribution in [0.1, 0.15) is 30.1 Å². The average molecular weight is 264 g/mol. The second-order valence-electron chi connectivity index (χ2n) is 5.29. The van der Waals surface area contributed by atoms with Crippen LogP contribution < -0.4 is 10.5 Å². The summed E-state index contributed by atoms with van der Waals surface area (Å²) >= 11 is 0. The van der Waals surface area contributed by atoms with Gasteiger partial charge in [0.05, 0.1) is 18.3 Å². The van der Waals surface area contributed by atoms with E-state index in [0.29, 0.717) is 36.5 Å². The molecule has 5 nitrogen and oxygen atoms in total. The molecule has 0 aliphatic carbocycles. The fourth-order valence-corrected chi connectivity index (χ4v) is 2.46. The van der Waals surface area contributed by atoms with Crippen LogP contribution in [0.4, 0.5) is 5.69 Å². The highest BCUT2D eigenvalue weighted by Crippen LogP contribution is 2.26. The van der Waals surface area contributed by atoms with Gasteiger partial charge >= 0.3 is 0 Å². The first-order chi connectivity index (χ1) is 8.93. The van der Waals surface area contributed by atoms with Crippen molar-refractivity contribution in [2.24, 2.45) is 0 Å². The fourth-order valence-electron chi connectivity index (χ4n) is 2.46. The number of amides is 1. The van der Waals surface area contributed by atoms with Crippen molar-refractivity contribution >= 4 is 11.6 Å². The molecule has 1 amide bonds. The molecule has 5 heteroatoms. The zero-order valence-corrected chi connectivity index (χ0v) is 11.3. The Morgan fingerprint density at radius 3 is 2.89 bits per heavy atom. The first kappa shape index (κ1) is 13.7. The van der Waals surface area contributed by atoms with Crippen LogP contribution in [0.15, 0.2) is 18.2 Å². The number of ether oxygens (including phenoxy) is 1. The monoisotopic (exact) mass is 264 g/mol. The van der Waals surface area contributed by atoms with E-state index in [2.05, 4.69) is 0 Å². The summed E-state index contributed by atoms with van der Waals surface area (Å²) in [7, 11) is 1.52. The molecule has 2 rings (SSSR count). The number of nitrogen functional groups attached to an aromatic ring is 1. The highest BCUT2D eigenvalue weighted by Gasteiger charge is 2.32. The zero-order valence-electron chi connectivity index (χ0n) is 11.3. The number of piperidine rings is 1. The molecule has 104 valence electrons. The number of hydrogen-bond donors (Lipinski definition) is 2. The van der Waals surface area contributed by atoms with Crippen molar-refractivity contribution in [1.82, 2.24) is 4.90 Å². The number of β-amino-alcohol motifs (C(OH)–C–C–N with tert-alkyl or cyclic N) is 1. The molecule has 1 aromatic rings. The molecule has 0 spiro atoms. The van der Waals surface area contributed by atoms with Crippen molar-refractivity contribution < 1.29 is 14.6 Å². The topological polar surface area (TPSA) is 75.8 Å². The van der Waals surface area contributed by atoms with Crippen LogP contribution in [0.5, 0.6) is 5.75 Å². The van der Waals surface area contributed by atoms with Crippen LogP contribution >= 0.6 is 0 Å². The summed E-state index contributed by atoms with van der Waals surface area (Å²) in [6, 6.07) is 5.00. The number of carbonyl (C=O) groups excluding carboxylic acids is 1. The summed E-state index contributed by atoms with van der Waals surface area (Å²) in [5.41, 5.74) is 5.88. The Kier molecular flexibility index (Phi) is 3.66. The van der Waals surface area contributed by atoms with Gasteiger partial charge in [-0.2, -0.15) is 0 Å². The SMILES string of the molecule is COc1ccc(N)cc1C(=O)N1CCCC(C)(O)C1. The van der Waals surface area contributed by atoms with E-state index in [1.807, 2.05) is 0 Å². The highest BCUT2D eigenvalue weighted by atomic mass is 16.5. The van der Waals surface area contributed by atoms with Gasteiger partial charge in [0.25, 0.3) is 5.91 Å². The van der Waals surface area contributed by atoms with Crippen molar-refractivity contribution in [2.75, 3.05) is 25.9 Å². The van der Waals surface area contributed by atoms with E-state index in [-0.39, 0.29) is 5.91 Å². The maximum atomic E-state index is 12.5. The minimum Gasteiger partial charge on any atom is -0.496 e. The van der Waals surface area contributed by atoms with Gasteiger partial charge in [0, 0.05) is 18.8 Å². The van der Waals surface area contributed by atoms with E-state index in [9.17, 15) is 9.90 Å². The van der Waals surface area contributed by atoms with Crippen LogP contribution in [-0.4, -0.2) is 41.7 Å². The number of anilines is 1. The largest absolute Gasteiger partial charge is 0.496 e. The summed E-state index contributed by atoms with van der Waals surface area (Å²) in [6.07, 6.45) is 1.51. The molecule has 1 unspecified atom stereocenters. The lowest BCUT2D eigenvalue weighted by Crippen LogP contribution is -2.48. The van der Waals surface area contributed by atoms with Gasteiger partial charge in [-0.15, -0.1) is 0 Å². The van der Waals surface area contributed by atoms with Gasteiger partial charge in [0.1, 0.15) is 5.75 Å². The number of aliphatic hydroxyl groups is 1. The van der Waals surface area contributed by atoms with E-state index in [0.717, 1.165) is 6.42 Å². The average Bonchev–Trinajstić information content (AvgIpc) is 2.36. The number of likely N-dealkylation sites (tertiary alicyclic amines) is 1. The first-order valence-corrected chi connectivity index (χ1v) is 6.38. The van der Waals surface area contributed by atoms with Gasteiger partial charge < -0.3 is 20.5 Å². The smallest absolute Gasteiger partial charge is 0.257 e. The molecule has 1 heterocycles. The highest BCUT2D eigenvalue weighted by molar-refractivity contribution is 5.98. The van der Waals surface area contributed by atoms with Crippen LogP contribution in [0.25, 0.3) is 0 Å². The standard InChI is InChI=1S/C14H20N2O3/c1-14(18)6-3-7-16(9-14)13(17)11-8-10(15)4-5-12(11)19-2/h4-5,8,18H,3,6-7,9,15H2,1-2H3. The van der Waals surface area contributed by atoms with E-state index in [4.69, 9.17) is 10.5 Å². The Hall–Kier alpha value is -1.75. The number of benzene rings is 1. The van der Waals surface area contributed by atoms with Crippen LogP contribution in [0, 0.1) is 0 Å². The molecule has 0 radical (unpaired) electrons. The summed E-state index contributed by atoms with van der Waals surface area (Å²) < 4.78 is 5.20. The number of nitrogens with two attached hydrogens (primary N) is 1. The zero-order chi connectivity index (χ0) is 14.0. The predicted octanol–water partition coefficient (Wildman–Crippen LogP) is 1.26. The maximum absolute atomic E-state index is 12.5. The minimum absolute atomic E-state index is 0.149. The molecule has 1 saturated heterocycles. The van der Waals surface area contributed by atoms with Crippen LogP contribution in [0.2, 0.25) is 0 Å². The molecule has 3 N–H and O–H groups in total. The van der Waals surface area contributed by atoms with E-state index in [1.165, 1.54) is 7.11 Å². The quantitative estimate of drug-likeness (QED) is 0.789. The van der Waals surface area contributed by atoms with Gasteiger partial charge in [0.2, 0.25) is 0 Å². The van der Waals surface area contributed by atoms with Gasteiger partial charge in [0.15, 0.2) is 0 Å². The Morgan fingerprint density at radius 2 is 2.26 bits per heavy atom. The predicted molar refractivity (Wildman–Crippen MR) is 73.2 cm³/mol. The van der Waals surface area contributed by atoms with E-state index >= 15 is 0 Å².